The van der Waals surface area contributed by atoms with Gasteiger partial charge >= 0.3 is 5.97 Å². The molecular weight excluding hydrogens is 246 g/mol. The van der Waals surface area contributed by atoms with Crippen LogP contribution in [0.25, 0.3) is 0 Å². The predicted molar refractivity (Wildman–Crippen MR) is 69.5 cm³/mol. The molecule has 2 rings (SSSR count). The summed E-state index contributed by atoms with van der Waals surface area (Å²) in [5.74, 6) is -2.56. The molecule has 0 atom stereocenters. The van der Waals surface area contributed by atoms with Crippen LogP contribution in [-0.2, 0) is 15.0 Å². The van der Waals surface area contributed by atoms with Gasteiger partial charge in [0.25, 0.3) is 11.7 Å². The molecule has 0 unspecified atom stereocenters. The number of rotatable bonds is 2. The largest absolute Gasteiger partial charge is 0.480 e. The summed E-state index contributed by atoms with van der Waals surface area (Å²) in [6, 6.07) is 5.14. The molecule has 0 saturated carbocycles. The van der Waals surface area contributed by atoms with E-state index in [4.69, 9.17) is 5.11 Å². The average Bonchev–Trinajstić information content (AvgIpc) is 2.53. The average molecular weight is 261 g/mol. The molecule has 0 fully saturated rings. The summed E-state index contributed by atoms with van der Waals surface area (Å²) in [7, 11) is 0. The fraction of sp³-hybridized carbons (Fsp3) is 0.357. The van der Waals surface area contributed by atoms with E-state index in [0.717, 1.165) is 10.5 Å². The van der Waals surface area contributed by atoms with Gasteiger partial charge in [-0.15, -0.1) is 0 Å². The second-order valence-corrected chi connectivity index (χ2v) is 5.60. The summed E-state index contributed by atoms with van der Waals surface area (Å²) < 4.78 is 0. The Morgan fingerprint density at radius 2 is 1.89 bits per heavy atom. The fourth-order valence-electron chi connectivity index (χ4n) is 2.06. The number of anilines is 1. The van der Waals surface area contributed by atoms with Crippen molar-refractivity contribution in [1.82, 2.24) is 0 Å². The quantitative estimate of drug-likeness (QED) is 0.820. The van der Waals surface area contributed by atoms with Crippen molar-refractivity contribution in [3.8, 4) is 0 Å². The van der Waals surface area contributed by atoms with E-state index in [1.807, 2.05) is 26.8 Å². The molecule has 1 aliphatic heterocycles. The predicted octanol–water partition coefficient (Wildman–Crippen LogP) is 1.60. The highest BCUT2D eigenvalue weighted by Crippen LogP contribution is 2.33. The first-order valence-corrected chi connectivity index (χ1v) is 5.94. The van der Waals surface area contributed by atoms with E-state index in [0.29, 0.717) is 11.3 Å². The summed E-state index contributed by atoms with van der Waals surface area (Å²) in [5, 5.41) is 8.78. The summed E-state index contributed by atoms with van der Waals surface area (Å²) in [4.78, 5) is 35.4. The molecule has 0 bridgehead atoms. The lowest BCUT2D eigenvalue weighted by Gasteiger charge is -2.20. The molecule has 1 heterocycles. The molecule has 5 nitrogen and oxygen atoms in total. The minimum Gasteiger partial charge on any atom is -0.480 e. The molecule has 1 aliphatic rings. The maximum absolute atomic E-state index is 11.9. The standard InChI is InChI=1S/C14H15NO4/c1-14(2,3)8-4-5-10-9(6-8)12(18)13(19)15(10)7-11(16)17/h4-6H,7H2,1-3H3,(H,16,17). The molecule has 19 heavy (non-hydrogen) atoms. The zero-order valence-corrected chi connectivity index (χ0v) is 11.1. The van der Waals surface area contributed by atoms with Gasteiger partial charge in [0, 0.05) is 0 Å². The molecule has 100 valence electrons. The highest BCUT2D eigenvalue weighted by atomic mass is 16.4. The van der Waals surface area contributed by atoms with Crippen molar-refractivity contribution < 1.29 is 19.5 Å². The Kier molecular flexibility index (Phi) is 2.92. The van der Waals surface area contributed by atoms with Gasteiger partial charge in [-0.25, -0.2) is 0 Å². The van der Waals surface area contributed by atoms with Crippen LogP contribution in [0.3, 0.4) is 0 Å². The Bertz CT molecular complexity index is 584. The van der Waals surface area contributed by atoms with Crippen LogP contribution < -0.4 is 4.90 Å². The monoisotopic (exact) mass is 261 g/mol. The van der Waals surface area contributed by atoms with Crippen LogP contribution in [0, 0.1) is 0 Å². The Labute approximate surface area is 110 Å². The van der Waals surface area contributed by atoms with Crippen LogP contribution in [0.15, 0.2) is 18.2 Å². The minimum atomic E-state index is -1.14. The molecule has 1 aromatic rings. The number of amides is 1. The normalized spacial score (nSPS) is 14.8. The third kappa shape index (κ3) is 2.23. The summed E-state index contributed by atoms with van der Waals surface area (Å²) in [6.07, 6.45) is 0. The lowest BCUT2D eigenvalue weighted by Crippen LogP contribution is -2.34. The number of carboxylic acids is 1. The molecular formula is C14H15NO4. The Morgan fingerprint density at radius 3 is 2.42 bits per heavy atom. The van der Waals surface area contributed by atoms with Crippen molar-refractivity contribution in [3.05, 3.63) is 29.3 Å². The maximum atomic E-state index is 11.9. The molecule has 1 N–H and O–H groups in total. The van der Waals surface area contributed by atoms with Gasteiger partial charge in [0.1, 0.15) is 6.54 Å². The number of Topliss-reactive ketones (excluding diaryl/α,β-unsaturated/α-hetero) is 1. The number of carbonyl (C=O) groups is 3. The molecule has 1 aromatic carbocycles. The van der Waals surface area contributed by atoms with Gasteiger partial charge in [0.15, 0.2) is 0 Å². The summed E-state index contributed by atoms with van der Waals surface area (Å²) in [6.45, 7) is 5.52. The minimum absolute atomic E-state index is 0.140. The third-order valence-electron chi connectivity index (χ3n) is 3.13. The first kappa shape index (κ1) is 13.3. The van der Waals surface area contributed by atoms with E-state index in [1.165, 1.54) is 0 Å². The van der Waals surface area contributed by atoms with Crippen LogP contribution in [0.2, 0.25) is 0 Å². The number of fused-ring (bicyclic) bond motifs is 1. The number of benzene rings is 1. The van der Waals surface area contributed by atoms with E-state index in [2.05, 4.69) is 0 Å². The SMILES string of the molecule is CC(C)(C)c1ccc2c(c1)C(=O)C(=O)N2CC(=O)O. The van der Waals surface area contributed by atoms with Gasteiger partial charge < -0.3 is 5.11 Å². The van der Waals surface area contributed by atoms with Crippen molar-refractivity contribution in [3.63, 3.8) is 0 Å². The smallest absolute Gasteiger partial charge is 0.323 e. The van der Waals surface area contributed by atoms with Gasteiger partial charge in [-0.1, -0.05) is 26.8 Å². The van der Waals surface area contributed by atoms with Gasteiger partial charge in [0.2, 0.25) is 0 Å². The van der Waals surface area contributed by atoms with Crippen LogP contribution in [-0.4, -0.2) is 29.3 Å². The molecule has 0 radical (unpaired) electrons. The highest BCUT2D eigenvalue weighted by Gasteiger charge is 2.37. The number of hydrogen-bond acceptors (Lipinski definition) is 3. The molecule has 0 spiro atoms. The maximum Gasteiger partial charge on any atom is 0.323 e. The van der Waals surface area contributed by atoms with Crippen molar-refractivity contribution in [2.75, 3.05) is 11.4 Å². The van der Waals surface area contributed by atoms with E-state index in [-0.39, 0.29) is 5.41 Å². The van der Waals surface area contributed by atoms with Gasteiger partial charge in [-0.05, 0) is 23.1 Å². The number of carboxylic acid groups (broad SMARTS) is 1. The first-order valence-electron chi connectivity index (χ1n) is 5.94. The van der Waals surface area contributed by atoms with Crippen LogP contribution in [0.4, 0.5) is 5.69 Å². The van der Waals surface area contributed by atoms with Crippen molar-refractivity contribution in [2.45, 2.75) is 26.2 Å². The summed E-state index contributed by atoms with van der Waals surface area (Å²) in [5.41, 5.74) is 1.46. The Balaban J connectivity index is 2.50. The highest BCUT2D eigenvalue weighted by molar-refractivity contribution is 6.52. The Morgan fingerprint density at radius 1 is 1.26 bits per heavy atom. The Hall–Kier alpha value is -2.17. The zero-order chi connectivity index (χ0) is 14.4. The first-order chi connectivity index (χ1) is 8.71. The lowest BCUT2D eigenvalue weighted by molar-refractivity contribution is -0.136. The number of carbonyl (C=O) groups excluding carboxylic acids is 2. The van der Waals surface area contributed by atoms with Crippen molar-refractivity contribution in [1.29, 1.82) is 0 Å². The van der Waals surface area contributed by atoms with Gasteiger partial charge in [-0.2, -0.15) is 0 Å². The summed E-state index contributed by atoms with van der Waals surface area (Å²) >= 11 is 0. The topological polar surface area (TPSA) is 74.7 Å². The zero-order valence-electron chi connectivity index (χ0n) is 11.1. The number of nitrogens with zero attached hydrogens (tertiary/aromatic N) is 1. The molecule has 0 aromatic heterocycles. The second-order valence-electron chi connectivity index (χ2n) is 5.60. The van der Waals surface area contributed by atoms with Crippen molar-refractivity contribution >= 4 is 23.3 Å². The molecule has 0 saturated heterocycles. The fourth-order valence-corrected chi connectivity index (χ4v) is 2.06. The number of aliphatic carboxylic acids is 1. The molecule has 5 heteroatoms. The second kappa shape index (κ2) is 4.19. The van der Waals surface area contributed by atoms with Gasteiger partial charge in [-0.3, -0.25) is 19.3 Å². The van der Waals surface area contributed by atoms with Crippen molar-refractivity contribution in [2.24, 2.45) is 0 Å². The third-order valence-corrected chi connectivity index (χ3v) is 3.13. The van der Waals surface area contributed by atoms with Crippen LogP contribution in [0.1, 0.15) is 36.7 Å². The van der Waals surface area contributed by atoms with E-state index >= 15 is 0 Å². The van der Waals surface area contributed by atoms with E-state index in [9.17, 15) is 14.4 Å². The van der Waals surface area contributed by atoms with Crippen LogP contribution >= 0.6 is 0 Å². The number of ketones is 1. The molecule has 0 aliphatic carbocycles. The lowest BCUT2D eigenvalue weighted by atomic mass is 9.86. The van der Waals surface area contributed by atoms with E-state index < -0.39 is 24.2 Å². The number of hydrogen-bond donors (Lipinski definition) is 1. The van der Waals surface area contributed by atoms with Crippen LogP contribution in [0.5, 0.6) is 0 Å². The van der Waals surface area contributed by atoms with Gasteiger partial charge in [0.05, 0.1) is 11.3 Å². The molecule has 1 amide bonds. The van der Waals surface area contributed by atoms with E-state index in [1.54, 1.807) is 12.1 Å².